The van der Waals surface area contributed by atoms with Gasteiger partial charge in [-0.25, -0.2) is 0 Å². The van der Waals surface area contributed by atoms with E-state index in [4.69, 9.17) is 10.8 Å². The Hall–Kier alpha value is -2.79. The smallest absolute Gasteiger partial charge is 0.331 e. The first-order valence-corrected chi connectivity index (χ1v) is 9.74. The molecule has 3 rings (SSSR count). The number of carbonyl (C=O) groups excluding carboxylic acids is 1. The van der Waals surface area contributed by atoms with Crippen LogP contribution in [-0.2, 0) is 17.4 Å². The zero-order valence-corrected chi connectivity index (χ0v) is 16.9. The van der Waals surface area contributed by atoms with E-state index < -0.39 is 17.6 Å². The second-order valence-electron chi connectivity index (χ2n) is 5.88. The lowest BCUT2D eigenvalue weighted by Crippen LogP contribution is -2.23. The highest BCUT2D eigenvalue weighted by Crippen LogP contribution is 2.34. The minimum absolute atomic E-state index is 0.0999. The number of benzene rings is 1. The number of amidine groups is 1. The number of fused-ring (bicyclic) bond motifs is 1. The molecule has 0 saturated heterocycles. The predicted octanol–water partition coefficient (Wildman–Crippen LogP) is 4.78. The zero-order chi connectivity index (χ0) is 21.2. The maximum absolute atomic E-state index is 13.2. The molecule has 2 aromatic heterocycles. The highest BCUT2D eigenvalue weighted by molar-refractivity contribution is 9.10. The molecular weight excluding hydrogens is 471 g/mol. The van der Waals surface area contributed by atoms with Crippen molar-refractivity contribution >= 4 is 61.3 Å². The van der Waals surface area contributed by atoms with E-state index in [1.54, 1.807) is 17.5 Å². The molecule has 2 heterocycles. The van der Waals surface area contributed by atoms with Crippen molar-refractivity contribution in [3.8, 4) is 0 Å². The van der Waals surface area contributed by atoms with E-state index in [-0.39, 0.29) is 23.3 Å². The molecule has 0 aliphatic rings. The van der Waals surface area contributed by atoms with Crippen LogP contribution in [0.5, 0.6) is 0 Å². The largest absolute Gasteiger partial charge is 0.416 e. The fourth-order valence-corrected chi connectivity index (χ4v) is 4.37. The van der Waals surface area contributed by atoms with E-state index in [0.717, 1.165) is 29.8 Å². The maximum atomic E-state index is 13.2. The topological polar surface area (TPSA) is 102 Å². The van der Waals surface area contributed by atoms with Crippen LogP contribution in [-0.4, -0.2) is 23.1 Å². The number of rotatable bonds is 5. The number of thiophene rings is 1. The number of hydrogen-bond acceptors (Lipinski definition) is 5. The monoisotopic (exact) mass is 483 g/mol. The third-order valence-corrected chi connectivity index (χ3v) is 5.77. The molecule has 0 atom stereocenters. The van der Waals surface area contributed by atoms with Crippen molar-refractivity contribution in [2.24, 2.45) is 0 Å². The van der Waals surface area contributed by atoms with Gasteiger partial charge in [-0.1, -0.05) is 6.07 Å². The van der Waals surface area contributed by atoms with Crippen LogP contribution in [0, 0.1) is 10.8 Å². The number of nitrogens with zero attached hydrogens (tertiary/aromatic N) is 1. The third-order valence-electron chi connectivity index (χ3n) is 3.95. The summed E-state index contributed by atoms with van der Waals surface area (Å²) < 4.78 is 40.2. The Morgan fingerprint density at radius 1 is 1.34 bits per heavy atom. The van der Waals surface area contributed by atoms with Gasteiger partial charge in [-0.2, -0.15) is 13.2 Å². The summed E-state index contributed by atoms with van der Waals surface area (Å²) in [5, 5.41) is 22.5. The Bertz CT molecular complexity index is 1110. The van der Waals surface area contributed by atoms with Crippen molar-refractivity contribution in [3.63, 3.8) is 0 Å². The van der Waals surface area contributed by atoms with E-state index in [9.17, 15) is 18.0 Å². The fourth-order valence-electron chi connectivity index (χ4n) is 2.72. The van der Waals surface area contributed by atoms with Gasteiger partial charge in [-0.05, 0) is 39.7 Å². The average molecular weight is 484 g/mol. The van der Waals surface area contributed by atoms with Gasteiger partial charge in [0.1, 0.15) is 10.8 Å². The molecular formula is C18H13BrF3N5OS. The Balaban J connectivity index is 1.91. The Morgan fingerprint density at radius 3 is 2.79 bits per heavy atom. The third kappa shape index (κ3) is 4.62. The minimum Gasteiger partial charge on any atom is -0.331 e. The summed E-state index contributed by atoms with van der Waals surface area (Å²) in [6.07, 6.45) is -2.63. The number of pyridine rings is 1. The number of amides is 1. The standard InChI is InChI=1S/C18H13BrF3N5OS/c19-12-7-29-17(15(12)16(24)26-8-23)27-14(28)5-9-4-10(18(20,21)22)6-13-11(9)2-1-3-25-13/h1-4,6-8H,5H2,(H,27,28)(H3,23,24,26). The molecule has 0 aliphatic heterocycles. The van der Waals surface area contributed by atoms with Gasteiger partial charge < -0.3 is 10.6 Å². The zero-order valence-electron chi connectivity index (χ0n) is 14.5. The van der Waals surface area contributed by atoms with Gasteiger partial charge in [0.05, 0.1) is 29.4 Å². The minimum atomic E-state index is -4.56. The van der Waals surface area contributed by atoms with Gasteiger partial charge in [-0.3, -0.25) is 20.6 Å². The lowest BCUT2D eigenvalue weighted by molar-refractivity contribution is -0.137. The second kappa shape index (κ2) is 8.29. The molecule has 0 unspecified atom stereocenters. The SMILES string of the molecule is N=CNC(=N)c1c(Br)csc1NC(=O)Cc1cc(C(F)(F)F)cc2ncccc12. The second-order valence-corrected chi connectivity index (χ2v) is 7.61. The first-order valence-electron chi connectivity index (χ1n) is 8.06. The summed E-state index contributed by atoms with van der Waals surface area (Å²) in [6.45, 7) is 0. The first-order chi connectivity index (χ1) is 13.7. The van der Waals surface area contributed by atoms with Gasteiger partial charge in [0.15, 0.2) is 0 Å². The number of nitrogens with one attached hydrogen (secondary N) is 4. The molecule has 0 bridgehead atoms. The van der Waals surface area contributed by atoms with Gasteiger partial charge in [0.25, 0.3) is 0 Å². The van der Waals surface area contributed by atoms with Crippen molar-refractivity contribution in [3.05, 3.63) is 57.0 Å². The summed E-state index contributed by atoms with van der Waals surface area (Å²) in [6, 6.07) is 5.11. The van der Waals surface area contributed by atoms with Crippen LogP contribution in [0.3, 0.4) is 0 Å². The summed E-state index contributed by atoms with van der Waals surface area (Å²) in [5.74, 6) is -0.634. The number of alkyl halides is 3. The Labute approximate surface area is 175 Å². The molecule has 4 N–H and O–H groups in total. The lowest BCUT2D eigenvalue weighted by Gasteiger charge is -2.13. The van der Waals surface area contributed by atoms with E-state index in [1.165, 1.54) is 6.20 Å². The summed E-state index contributed by atoms with van der Waals surface area (Å²) in [4.78, 5) is 16.5. The van der Waals surface area contributed by atoms with Crippen LogP contribution in [0.25, 0.3) is 10.9 Å². The Morgan fingerprint density at radius 2 is 2.10 bits per heavy atom. The van der Waals surface area contributed by atoms with Crippen LogP contribution >= 0.6 is 27.3 Å². The Kier molecular flexibility index (Phi) is 5.99. The van der Waals surface area contributed by atoms with Gasteiger partial charge in [0.2, 0.25) is 5.91 Å². The normalized spacial score (nSPS) is 11.3. The number of halogens is 4. The van der Waals surface area contributed by atoms with Crippen molar-refractivity contribution in [1.82, 2.24) is 10.3 Å². The molecule has 150 valence electrons. The average Bonchev–Trinajstić information content (AvgIpc) is 3.01. The van der Waals surface area contributed by atoms with Crippen LogP contribution in [0.1, 0.15) is 16.7 Å². The fraction of sp³-hybridized carbons (Fsp3) is 0.111. The highest BCUT2D eigenvalue weighted by Gasteiger charge is 2.31. The first kappa shape index (κ1) is 20.9. The van der Waals surface area contributed by atoms with E-state index in [2.05, 4.69) is 31.5 Å². The van der Waals surface area contributed by atoms with E-state index in [1.807, 2.05) is 0 Å². The molecule has 1 amide bonds. The number of hydrogen-bond donors (Lipinski definition) is 4. The number of carbonyl (C=O) groups is 1. The van der Waals surface area contributed by atoms with E-state index >= 15 is 0 Å². The number of aromatic nitrogens is 1. The van der Waals surface area contributed by atoms with Crippen LogP contribution < -0.4 is 10.6 Å². The maximum Gasteiger partial charge on any atom is 0.416 e. The van der Waals surface area contributed by atoms with Crippen molar-refractivity contribution in [2.75, 3.05) is 5.32 Å². The molecule has 1 aromatic carbocycles. The van der Waals surface area contributed by atoms with E-state index in [0.29, 0.717) is 20.4 Å². The molecule has 3 aromatic rings. The molecule has 29 heavy (non-hydrogen) atoms. The molecule has 0 aliphatic carbocycles. The van der Waals surface area contributed by atoms with Gasteiger partial charge in [-0.15, -0.1) is 11.3 Å². The van der Waals surface area contributed by atoms with Gasteiger partial charge in [0, 0.05) is 21.4 Å². The predicted molar refractivity (Wildman–Crippen MR) is 110 cm³/mol. The van der Waals surface area contributed by atoms with Gasteiger partial charge >= 0.3 is 6.18 Å². The summed E-state index contributed by atoms with van der Waals surface area (Å²) >= 11 is 4.43. The van der Waals surface area contributed by atoms with Crippen LogP contribution in [0.4, 0.5) is 18.2 Å². The van der Waals surface area contributed by atoms with Crippen molar-refractivity contribution < 1.29 is 18.0 Å². The molecule has 0 radical (unpaired) electrons. The molecule has 0 saturated carbocycles. The van der Waals surface area contributed by atoms with Crippen LogP contribution in [0.2, 0.25) is 0 Å². The number of anilines is 1. The lowest BCUT2D eigenvalue weighted by atomic mass is 10.0. The van der Waals surface area contributed by atoms with Crippen LogP contribution in [0.15, 0.2) is 40.3 Å². The van der Waals surface area contributed by atoms with Crippen molar-refractivity contribution in [2.45, 2.75) is 12.6 Å². The van der Waals surface area contributed by atoms with Crippen molar-refractivity contribution in [1.29, 1.82) is 10.8 Å². The summed E-state index contributed by atoms with van der Waals surface area (Å²) in [7, 11) is 0. The molecule has 11 heteroatoms. The molecule has 6 nitrogen and oxygen atoms in total. The molecule has 0 fully saturated rings. The summed E-state index contributed by atoms with van der Waals surface area (Å²) in [5.41, 5.74) is -0.169. The quantitative estimate of drug-likeness (QED) is 0.310. The molecule has 0 spiro atoms. The highest BCUT2D eigenvalue weighted by atomic mass is 79.9.